The summed E-state index contributed by atoms with van der Waals surface area (Å²) in [5.74, 6) is 1.29. The lowest BCUT2D eigenvalue weighted by molar-refractivity contribution is 0.498. The first-order valence-corrected chi connectivity index (χ1v) is 8.40. The SMILES string of the molecule is Cc1cc(F)cc(N2CCc3oc(-c4csc(C)n4)nc3C2)c1. The van der Waals surface area contributed by atoms with Gasteiger partial charge in [-0.2, -0.15) is 0 Å². The average Bonchev–Trinajstić information content (AvgIpc) is 3.11. The Hall–Kier alpha value is -2.21. The van der Waals surface area contributed by atoms with E-state index in [-0.39, 0.29) is 5.82 Å². The highest BCUT2D eigenvalue weighted by Crippen LogP contribution is 2.29. The normalized spacial score (nSPS) is 14.1. The van der Waals surface area contributed by atoms with Crippen molar-refractivity contribution in [3.8, 4) is 11.6 Å². The summed E-state index contributed by atoms with van der Waals surface area (Å²) in [6.07, 6.45) is 0.765. The van der Waals surface area contributed by atoms with Crippen LogP contribution in [0.25, 0.3) is 11.6 Å². The fourth-order valence-electron chi connectivity index (χ4n) is 2.89. The minimum Gasteiger partial charge on any atom is -0.439 e. The molecule has 1 aliphatic heterocycles. The first-order chi connectivity index (χ1) is 11.1. The summed E-state index contributed by atoms with van der Waals surface area (Å²) in [5, 5.41) is 2.95. The summed E-state index contributed by atoms with van der Waals surface area (Å²) < 4.78 is 19.5. The monoisotopic (exact) mass is 329 g/mol. The molecule has 23 heavy (non-hydrogen) atoms. The molecule has 0 atom stereocenters. The van der Waals surface area contributed by atoms with Crippen molar-refractivity contribution in [2.24, 2.45) is 0 Å². The molecule has 3 aromatic rings. The molecule has 6 heteroatoms. The van der Waals surface area contributed by atoms with Gasteiger partial charge in [0.15, 0.2) is 0 Å². The maximum Gasteiger partial charge on any atom is 0.246 e. The van der Waals surface area contributed by atoms with Gasteiger partial charge < -0.3 is 9.32 Å². The Bertz CT molecular complexity index is 850. The maximum absolute atomic E-state index is 13.6. The van der Waals surface area contributed by atoms with Gasteiger partial charge in [0.05, 0.1) is 11.6 Å². The molecule has 0 saturated carbocycles. The quantitative estimate of drug-likeness (QED) is 0.709. The van der Waals surface area contributed by atoms with Crippen LogP contribution in [-0.2, 0) is 13.0 Å². The van der Waals surface area contributed by atoms with Gasteiger partial charge in [-0.15, -0.1) is 11.3 Å². The number of oxazole rings is 1. The van der Waals surface area contributed by atoms with Crippen LogP contribution in [-0.4, -0.2) is 16.5 Å². The van der Waals surface area contributed by atoms with Crippen LogP contribution < -0.4 is 4.90 Å². The van der Waals surface area contributed by atoms with Gasteiger partial charge in [-0.1, -0.05) is 0 Å². The zero-order valence-electron chi connectivity index (χ0n) is 13.0. The van der Waals surface area contributed by atoms with Crippen LogP contribution in [0.5, 0.6) is 0 Å². The van der Waals surface area contributed by atoms with Crippen molar-refractivity contribution in [3.63, 3.8) is 0 Å². The zero-order valence-corrected chi connectivity index (χ0v) is 13.8. The Morgan fingerprint density at radius 1 is 1.22 bits per heavy atom. The van der Waals surface area contributed by atoms with Crippen molar-refractivity contribution in [1.29, 1.82) is 0 Å². The van der Waals surface area contributed by atoms with E-state index < -0.39 is 0 Å². The summed E-state index contributed by atoms with van der Waals surface area (Å²) in [6.45, 7) is 5.29. The Labute approximate surface area is 137 Å². The molecule has 1 aromatic carbocycles. The number of halogens is 1. The molecule has 4 rings (SSSR count). The molecule has 0 bridgehead atoms. The molecule has 1 aliphatic rings. The highest BCUT2D eigenvalue weighted by Gasteiger charge is 2.24. The Balaban J connectivity index is 1.63. The number of anilines is 1. The smallest absolute Gasteiger partial charge is 0.246 e. The van der Waals surface area contributed by atoms with Crippen LogP contribution in [0.15, 0.2) is 28.0 Å². The van der Waals surface area contributed by atoms with E-state index >= 15 is 0 Å². The molecule has 0 unspecified atom stereocenters. The second-order valence-corrected chi connectivity index (χ2v) is 6.86. The van der Waals surface area contributed by atoms with Crippen molar-refractivity contribution in [1.82, 2.24) is 9.97 Å². The molecular weight excluding hydrogens is 313 g/mol. The topological polar surface area (TPSA) is 42.2 Å². The van der Waals surface area contributed by atoms with Crippen molar-refractivity contribution in [2.75, 3.05) is 11.4 Å². The molecule has 3 heterocycles. The number of rotatable bonds is 2. The molecular formula is C17H16FN3OS. The first kappa shape index (κ1) is 14.4. The predicted octanol–water partition coefficient (Wildman–Crippen LogP) is 4.12. The van der Waals surface area contributed by atoms with Gasteiger partial charge in [0.25, 0.3) is 0 Å². The van der Waals surface area contributed by atoms with Crippen molar-refractivity contribution < 1.29 is 8.81 Å². The third-order valence-corrected chi connectivity index (χ3v) is 4.73. The van der Waals surface area contributed by atoms with Gasteiger partial charge in [0, 0.05) is 24.0 Å². The molecule has 2 aromatic heterocycles. The summed E-state index contributed by atoms with van der Waals surface area (Å²) >= 11 is 1.58. The van der Waals surface area contributed by atoms with Gasteiger partial charge in [0.1, 0.15) is 23.0 Å². The van der Waals surface area contributed by atoms with E-state index in [1.165, 1.54) is 6.07 Å². The largest absolute Gasteiger partial charge is 0.439 e. The molecule has 0 spiro atoms. The van der Waals surface area contributed by atoms with E-state index in [0.29, 0.717) is 12.4 Å². The summed E-state index contributed by atoms with van der Waals surface area (Å²) in [5.41, 5.74) is 3.51. The maximum atomic E-state index is 13.6. The first-order valence-electron chi connectivity index (χ1n) is 7.52. The van der Waals surface area contributed by atoms with Crippen LogP contribution >= 0.6 is 11.3 Å². The Morgan fingerprint density at radius 3 is 2.83 bits per heavy atom. The number of thiazole rings is 1. The van der Waals surface area contributed by atoms with E-state index in [0.717, 1.165) is 46.4 Å². The van der Waals surface area contributed by atoms with Crippen LogP contribution in [0, 0.1) is 19.7 Å². The third-order valence-electron chi connectivity index (χ3n) is 3.96. The highest BCUT2D eigenvalue weighted by atomic mass is 32.1. The minimum atomic E-state index is -0.204. The third kappa shape index (κ3) is 2.74. The standard InChI is InChI=1S/C17H16FN3OS/c1-10-5-12(18)7-13(6-10)21-4-3-16-14(8-21)20-17(22-16)15-9-23-11(2)19-15/h5-7,9H,3-4,8H2,1-2H3. The van der Waals surface area contributed by atoms with E-state index in [1.54, 1.807) is 17.4 Å². The average molecular weight is 329 g/mol. The molecule has 0 saturated heterocycles. The van der Waals surface area contributed by atoms with Crippen molar-refractivity contribution >= 4 is 17.0 Å². The van der Waals surface area contributed by atoms with Gasteiger partial charge in [-0.25, -0.2) is 14.4 Å². The van der Waals surface area contributed by atoms with Crippen LogP contribution in [0.2, 0.25) is 0 Å². The fraction of sp³-hybridized carbons (Fsp3) is 0.294. The van der Waals surface area contributed by atoms with Gasteiger partial charge >= 0.3 is 0 Å². The summed E-state index contributed by atoms with van der Waals surface area (Å²) in [6, 6.07) is 5.11. The number of fused-ring (bicyclic) bond motifs is 1. The molecule has 118 valence electrons. The summed E-state index contributed by atoms with van der Waals surface area (Å²) in [4.78, 5) is 11.2. The predicted molar refractivity (Wildman–Crippen MR) is 88.2 cm³/mol. The van der Waals surface area contributed by atoms with Crippen LogP contribution in [0.1, 0.15) is 22.0 Å². The minimum absolute atomic E-state index is 0.204. The number of aromatic nitrogens is 2. The summed E-state index contributed by atoms with van der Waals surface area (Å²) in [7, 11) is 0. The van der Waals surface area contributed by atoms with Crippen LogP contribution in [0.4, 0.5) is 10.1 Å². The molecule has 0 N–H and O–H groups in total. The second kappa shape index (κ2) is 5.45. The Kier molecular flexibility index (Phi) is 3.41. The number of nitrogens with zero attached hydrogens (tertiary/aromatic N) is 3. The van der Waals surface area contributed by atoms with Crippen LogP contribution in [0.3, 0.4) is 0 Å². The van der Waals surface area contributed by atoms with E-state index in [2.05, 4.69) is 14.9 Å². The lowest BCUT2D eigenvalue weighted by Gasteiger charge is -2.27. The lowest BCUT2D eigenvalue weighted by atomic mass is 10.1. The molecule has 0 fully saturated rings. The fourth-order valence-corrected chi connectivity index (χ4v) is 3.48. The highest BCUT2D eigenvalue weighted by molar-refractivity contribution is 7.09. The number of hydrogen-bond acceptors (Lipinski definition) is 5. The van der Waals surface area contributed by atoms with Gasteiger partial charge in [-0.05, 0) is 37.6 Å². The zero-order chi connectivity index (χ0) is 16.0. The number of aryl methyl sites for hydroxylation is 2. The van der Waals surface area contributed by atoms with E-state index in [9.17, 15) is 4.39 Å². The molecule has 0 radical (unpaired) electrons. The van der Waals surface area contributed by atoms with Crippen molar-refractivity contribution in [3.05, 3.63) is 51.4 Å². The second-order valence-electron chi connectivity index (χ2n) is 5.80. The number of hydrogen-bond donors (Lipinski definition) is 0. The molecule has 4 nitrogen and oxygen atoms in total. The van der Waals surface area contributed by atoms with E-state index in [1.807, 2.05) is 25.3 Å². The molecule has 0 amide bonds. The van der Waals surface area contributed by atoms with Gasteiger partial charge in [0.2, 0.25) is 5.89 Å². The van der Waals surface area contributed by atoms with E-state index in [4.69, 9.17) is 4.42 Å². The number of benzene rings is 1. The Morgan fingerprint density at radius 2 is 2.09 bits per heavy atom. The van der Waals surface area contributed by atoms with Crippen molar-refractivity contribution in [2.45, 2.75) is 26.8 Å². The molecule has 0 aliphatic carbocycles. The van der Waals surface area contributed by atoms with Gasteiger partial charge in [-0.3, -0.25) is 0 Å². The lowest BCUT2D eigenvalue weighted by Crippen LogP contribution is -2.30.